The molecule has 1 aromatic rings. The third-order valence-corrected chi connectivity index (χ3v) is 3.27. The van der Waals surface area contributed by atoms with Crippen molar-refractivity contribution in [3.63, 3.8) is 0 Å². The maximum atomic E-state index is 13.9. The Balaban J connectivity index is 2.15. The zero-order chi connectivity index (χ0) is 14.5. The maximum absolute atomic E-state index is 13.9. The van der Waals surface area contributed by atoms with E-state index in [4.69, 9.17) is 14.7 Å². The van der Waals surface area contributed by atoms with Gasteiger partial charge in [-0.1, -0.05) is 6.07 Å². The lowest BCUT2D eigenvalue weighted by atomic mass is 10.1. The number of carbonyl (C=O) groups excluding carboxylic acids is 1. The number of nitriles is 1. The average Bonchev–Trinajstić information content (AvgIpc) is 2.49. The van der Waals surface area contributed by atoms with Crippen molar-refractivity contribution in [2.75, 3.05) is 26.9 Å². The van der Waals surface area contributed by atoms with E-state index in [-0.39, 0.29) is 18.7 Å². The molecule has 0 spiro atoms. The minimum absolute atomic E-state index is 0.241. The van der Waals surface area contributed by atoms with Crippen molar-refractivity contribution in [3.05, 3.63) is 35.1 Å². The molecule has 20 heavy (non-hydrogen) atoms. The lowest BCUT2D eigenvalue weighted by molar-refractivity contribution is -0.153. The van der Waals surface area contributed by atoms with Gasteiger partial charge in [-0.15, -0.1) is 0 Å². The summed E-state index contributed by atoms with van der Waals surface area (Å²) in [6.07, 6.45) is 0. The van der Waals surface area contributed by atoms with Gasteiger partial charge in [0.25, 0.3) is 0 Å². The molecule has 1 aliphatic heterocycles. The second-order valence-electron chi connectivity index (χ2n) is 4.50. The fourth-order valence-electron chi connectivity index (χ4n) is 2.14. The van der Waals surface area contributed by atoms with Crippen molar-refractivity contribution in [3.8, 4) is 6.07 Å². The van der Waals surface area contributed by atoms with Gasteiger partial charge in [0, 0.05) is 18.7 Å². The van der Waals surface area contributed by atoms with E-state index in [2.05, 4.69) is 0 Å². The molecule has 0 N–H and O–H groups in total. The normalized spacial score (nSPS) is 19.4. The summed E-state index contributed by atoms with van der Waals surface area (Å²) < 4.78 is 23.9. The van der Waals surface area contributed by atoms with E-state index >= 15 is 0 Å². The Kier molecular flexibility index (Phi) is 4.66. The van der Waals surface area contributed by atoms with Gasteiger partial charge in [0.05, 0.1) is 32.0 Å². The predicted octanol–water partition coefficient (Wildman–Crippen LogP) is 1.07. The lowest BCUT2D eigenvalue weighted by Gasteiger charge is -2.33. The highest BCUT2D eigenvalue weighted by atomic mass is 19.1. The number of ether oxygens (including phenoxy) is 2. The SMILES string of the molecule is COC(=O)C1COCCN1Cc1ccc(C#N)cc1F. The Morgan fingerprint density at radius 3 is 3.10 bits per heavy atom. The molecule has 0 aromatic heterocycles. The smallest absolute Gasteiger partial charge is 0.325 e. The number of morpholine rings is 1. The first-order valence-electron chi connectivity index (χ1n) is 6.24. The summed E-state index contributed by atoms with van der Waals surface area (Å²) in [6.45, 7) is 1.54. The molecular formula is C14H15FN2O3. The highest BCUT2D eigenvalue weighted by Crippen LogP contribution is 2.17. The maximum Gasteiger partial charge on any atom is 0.325 e. The zero-order valence-electron chi connectivity index (χ0n) is 11.1. The quantitative estimate of drug-likeness (QED) is 0.774. The largest absolute Gasteiger partial charge is 0.468 e. The molecule has 1 fully saturated rings. The first-order chi connectivity index (χ1) is 9.65. The van der Waals surface area contributed by atoms with Crippen LogP contribution in [0.3, 0.4) is 0 Å². The van der Waals surface area contributed by atoms with Gasteiger partial charge in [-0.05, 0) is 12.1 Å². The van der Waals surface area contributed by atoms with Gasteiger partial charge in [-0.3, -0.25) is 9.69 Å². The third kappa shape index (κ3) is 3.13. The predicted molar refractivity (Wildman–Crippen MR) is 68.1 cm³/mol. The Morgan fingerprint density at radius 2 is 2.45 bits per heavy atom. The van der Waals surface area contributed by atoms with Gasteiger partial charge in [-0.2, -0.15) is 5.26 Å². The topological polar surface area (TPSA) is 62.6 Å². The number of nitrogens with zero attached hydrogens (tertiary/aromatic N) is 2. The van der Waals surface area contributed by atoms with Crippen molar-refractivity contribution in [2.45, 2.75) is 12.6 Å². The molecule has 1 atom stereocenters. The van der Waals surface area contributed by atoms with Crippen LogP contribution in [0.15, 0.2) is 18.2 Å². The van der Waals surface area contributed by atoms with Crippen LogP contribution in [0.2, 0.25) is 0 Å². The van der Waals surface area contributed by atoms with Crippen LogP contribution in [0.4, 0.5) is 4.39 Å². The molecule has 0 radical (unpaired) electrons. The molecule has 0 saturated carbocycles. The van der Waals surface area contributed by atoms with Gasteiger partial charge in [0.1, 0.15) is 11.9 Å². The molecular weight excluding hydrogens is 263 g/mol. The summed E-state index contributed by atoms with van der Waals surface area (Å²) in [5.74, 6) is -0.835. The van der Waals surface area contributed by atoms with E-state index in [0.29, 0.717) is 18.7 Å². The second-order valence-corrected chi connectivity index (χ2v) is 4.50. The first-order valence-corrected chi connectivity index (χ1v) is 6.24. The number of benzene rings is 1. The number of halogens is 1. The molecule has 0 bridgehead atoms. The van der Waals surface area contributed by atoms with Gasteiger partial charge in [0.2, 0.25) is 0 Å². The first kappa shape index (κ1) is 14.4. The Labute approximate surface area is 116 Å². The molecule has 1 aromatic carbocycles. The summed E-state index contributed by atoms with van der Waals surface area (Å²) >= 11 is 0. The van der Waals surface area contributed by atoms with Crippen molar-refractivity contribution in [2.24, 2.45) is 0 Å². The molecule has 1 aliphatic rings. The van der Waals surface area contributed by atoms with Gasteiger partial charge in [0.15, 0.2) is 0 Å². The van der Waals surface area contributed by atoms with Crippen LogP contribution in [0, 0.1) is 17.1 Å². The van der Waals surface area contributed by atoms with Crippen LogP contribution in [-0.2, 0) is 20.8 Å². The van der Waals surface area contributed by atoms with Crippen molar-refractivity contribution in [1.82, 2.24) is 4.90 Å². The van der Waals surface area contributed by atoms with Crippen LogP contribution < -0.4 is 0 Å². The van der Waals surface area contributed by atoms with E-state index in [1.54, 1.807) is 12.1 Å². The van der Waals surface area contributed by atoms with Crippen molar-refractivity contribution < 1.29 is 18.7 Å². The Morgan fingerprint density at radius 1 is 1.65 bits per heavy atom. The zero-order valence-corrected chi connectivity index (χ0v) is 11.1. The fraction of sp³-hybridized carbons (Fsp3) is 0.429. The van der Waals surface area contributed by atoms with Gasteiger partial charge >= 0.3 is 5.97 Å². The Bertz CT molecular complexity index is 542. The number of carbonyl (C=O) groups is 1. The van der Waals surface area contributed by atoms with Crippen LogP contribution in [-0.4, -0.2) is 43.8 Å². The minimum atomic E-state index is -0.524. The lowest BCUT2D eigenvalue weighted by Crippen LogP contribution is -2.49. The summed E-state index contributed by atoms with van der Waals surface area (Å²) in [5, 5.41) is 8.72. The fourth-order valence-corrected chi connectivity index (χ4v) is 2.14. The molecule has 1 heterocycles. The summed E-state index contributed by atoms with van der Waals surface area (Å²) in [7, 11) is 1.32. The number of rotatable bonds is 3. The molecule has 1 unspecified atom stereocenters. The number of methoxy groups -OCH3 is 1. The number of hydrogen-bond donors (Lipinski definition) is 0. The van der Waals surface area contributed by atoms with Gasteiger partial charge < -0.3 is 9.47 Å². The van der Waals surface area contributed by atoms with Crippen LogP contribution in [0.1, 0.15) is 11.1 Å². The summed E-state index contributed by atoms with van der Waals surface area (Å²) in [4.78, 5) is 13.5. The van der Waals surface area contributed by atoms with Gasteiger partial charge in [-0.25, -0.2) is 4.39 Å². The van der Waals surface area contributed by atoms with Crippen molar-refractivity contribution in [1.29, 1.82) is 5.26 Å². The molecule has 5 nitrogen and oxygen atoms in total. The highest BCUT2D eigenvalue weighted by Gasteiger charge is 2.30. The molecule has 106 valence electrons. The minimum Gasteiger partial charge on any atom is -0.468 e. The van der Waals surface area contributed by atoms with Crippen LogP contribution in [0.5, 0.6) is 0 Å². The van der Waals surface area contributed by atoms with Crippen molar-refractivity contribution >= 4 is 5.97 Å². The molecule has 0 aliphatic carbocycles. The van der Waals surface area contributed by atoms with Crippen LogP contribution >= 0.6 is 0 Å². The molecule has 6 heteroatoms. The highest BCUT2D eigenvalue weighted by molar-refractivity contribution is 5.75. The number of hydrogen-bond acceptors (Lipinski definition) is 5. The van der Waals surface area contributed by atoms with E-state index in [1.807, 2.05) is 11.0 Å². The summed E-state index contributed by atoms with van der Waals surface area (Å²) in [5.41, 5.74) is 0.720. The second kappa shape index (κ2) is 6.46. The third-order valence-electron chi connectivity index (χ3n) is 3.27. The summed E-state index contributed by atoms with van der Waals surface area (Å²) in [6, 6.07) is 5.69. The molecule has 1 saturated heterocycles. The standard InChI is InChI=1S/C14H15FN2O3/c1-19-14(18)13-9-20-5-4-17(13)8-11-3-2-10(7-16)6-12(11)15/h2-3,6,13H,4-5,8-9H2,1H3. The van der Waals surface area contributed by atoms with E-state index < -0.39 is 17.8 Å². The monoisotopic (exact) mass is 278 g/mol. The molecule has 0 amide bonds. The van der Waals surface area contributed by atoms with Crippen LogP contribution in [0.25, 0.3) is 0 Å². The molecule has 2 rings (SSSR count). The van der Waals surface area contributed by atoms with E-state index in [0.717, 1.165) is 0 Å². The van der Waals surface area contributed by atoms with E-state index in [9.17, 15) is 9.18 Å². The van der Waals surface area contributed by atoms with E-state index in [1.165, 1.54) is 13.2 Å². The number of esters is 1. The Hall–Kier alpha value is -1.97. The average molecular weight is 278 g/mol.